The number of aromatic nitrogens is 1. The predicted octanol–water partition coefficient (Wildman–Crippen LogP) is 17.9. The first-order valence-corrected chi connectivity index (χ1v) is 23.3. The number of hydrogen-bond acceptors (Lipinski definition) is 1. The van der Waals surface area contributed by atoms with Crippen molar-refractivity contribution < 1.29 is 0 Å². The van der Waals surface area contributed by atoms with Gasteiger partial charge in [-0.15, -0.1) is 0 Å². The number of benzene rings is 11. The zero-order valence-electron chi connectivity index (χ0n) is 37.5. The molecule has 1 heterocycles. The van der Waals surface area contributed by atoms with Crippen molar-refractivity contribution in [3.05, 3.63) is 254 Å². The summed E-state index contributed by atoms with van der Waals surface area (Å²) in [5, 5.41) is 7.63. The highest BCUT2D eigenvalue weighted by Gasteiger charge is 2.38. The Balaban J connectivity index is 0.881. The van der Waals surface area contributed by atoms with Crippen molar-refractivity contribution in [2.75, 3.05) is 4.90 Å². The third kappa shape index (κ3) is 6.32. The lowest BCUT2D eigenvalue weighted by molar-refractivity contribution is 0.666. The van der Waals surface area contributed by atoms with Gasteiger partial charge in [0.15, 0.2) is 0 Å². The van der Waals surface area contributed by atoms with Gasteiger partial charge in [-0.2, -0.15) is 0 Å². The third-order valence-corrected chi connectivity index (χ3v) is 14.3. The van der Waals surface area contributed by atoms with E-state index in [1.165, 1.54) is 105 Å². The molecule has 1 aromatic heterocycles. The lowest BCUT2D eigenvalue weighted by Gasteiger charge is -2.26. The first-order chi connectivity index (χ1) is 33.0. The Morgan fingerprint density at radius 2 is 0.910 bits per heavy atom. The third-order valence-electron chi connectivity index (χ3n) is 14.3. The summed E-state index contributed by atoms with van der Waals surface area (Å²) in [4.78, 5) is 2.36. The van der Waals surface area contributed by atoms with Crippen LogP contribution in [0.15, 0.2) is 243 Å². The monoisotopic (exact) mass is 854 g/mol. The molecule has 2 heteroatoms. The molecule has 0 radical (unpaired) electrons. The molecule has 1 aliphatic rings. The lowest BCUT2D eigenvalue weighted by atomic mass is 9.79. The fraction of sp³-hybridized carbons (Fsp3) is 0.0462. The topological polar surface area (TPSA) is 8.17 Å². The molecule has 2 nitrogen and oxygen atoms in total. The number of fused-ring (bicyclic) bond motifs is 10. The normalized spacial score (nSPS) is 12.7. The molecule has 0 N–H and O–H groups in total. The molecular formula is C65H46N2. The van der Waals surface area contributed by atoms with E-state index in [1.54, 1.807) is 0 Å². The van der Waals surface area contributed by atoms with Gasteiger partial charge >= 0.3 is 0 Å². The van der Waals surface area contributed by atoms with E-state index in [2.05, 4.69) is 266 Å². The Morgan fingerprint density at radius 1 is 0.358 bits per heavy atom. The molecular weight excluding hydrogens is 809 g/mol. The molecule has 0 bridgehead atoms. The summed E-state index contributed by atoms with van der Waals surface area (Å²) in [6.07, 6.45) is 0. The summed E-state index contributed by atoms with van der Waals surface area (Å²) in [6, 6.07) is 89.1. The summed E-state index contributed by atoms with van der Waals surface area (Å²) in [6.45, 7) is 4.83. The molecule has 0 amide bonds. The molecule has 11 aromatic carbocycles. The maximum absolute atomic E-state index is 2.49. The van der Waals surface area contributed by atoms with E-state index in [9.17, 15) is 0 Å². The average Bonchev–Trinajstić information content (AvgIpc) is 3.85. The van der Waals surface area contributed by atoms with Gasteiger partial charge in [0, 0.05) is 44.3 Å². The van der Waals surface area contributed by atoms with Crippen molar-refractivity contribution in [2.45, 2.75) is 19.3 Å². The number of nitrogens with zero attached hydrogens (tertiary/aromatic N) is 2. The first-order valence-electron chi connectivity index (χ1n) is 23.3. The van der Waals surface area contributed by atoms with Crippen molar-refractivity contribution >= 4 is 60.4 Å². The molecule has 13 rings (SSSR count). The van der Waals surface area contributed by atoms with Gasteiger partial charge in [0.05, 0.1) is 11.0 Å². The molecule has 316 valence electrons. The smallest absolute Gasteiger partial charge is 0.0622 e. The van der Waals surface area contributed by atoms with Gasteiger partial charge in [-0.3, -0.25) is 0 Å². The summed E-state index contributed by atoms with van der Waals surface area (Å²) in [5.41, 5.74) is 19.5. The van der Waals surface area contributed by atoms with Gasteiger partial charge in [0.25, 0.3) is 0 Å². The van der Waals surface area contributed by atoms with E-state index < -0.39 is 0 Å². The largest absolute Gasteiger partial charge is 0.310 e. The van der Waals surface area contributed by atoms with Gasteiger partial charge < -0.3 is 9.47 Å². The molecule has 12 aromatic rings. The summed E-state index contributed by atoms with van der Waals surface area (Å²) in [5.74, 6) is 0. The number of anilines is 3. The fourth-order valence-corrected chi connectivity index (χ4v) is 11.1. The summed E-state index contributed by atoms with van der Waals surface area (Å²) >= 11 is 0. The second kappa shape index (κ2) is 15.3. The molecule has 0 aliphatic heterocycles. The van der Waals surface area contributed by atoms with E-state index in [0.717, 1.165) is 17.1 Å². The van der Waals surface area contributed by atoms with E-state index >= 15 is 0 Å². The van der Waals surface area contributed by atoms with Gasteiger partial charge in [-0.25, -0.2) is 0 Å². The van der Waals surface area contributed by atoms with Crippen LogP contribution < -0.4 is 4.90 Å². The minimum atomic E-state index is -0.205. The van der Waals surface area contributed by atoms with Gasteiger partial charge in [-0.1, -0.05) is 190 Å². The molecule has 67 heavy (non-hydrogen) atoms. The Labute approximate surface area is 391 Å². The van der Waals surface area contributed by atoms with Crippen LogP contribution in [0.2, 0.25) is 0 Å². The lowest BCUT2D eigenvalue weighted by Crippen LogP contribution is -2.16. The molecule has 0 spiro atoms. The molecule has 1 aliphatic carbocycles. The Morgan fingerprint density at radius 3 is 1.67 bits per heavy atom. The fourth-order valence-electron chi connectivity index (χ4n) is 11.1. The van der Waals surface area contributed by atoms with Crippen molar-refractivity contribution in [2.24, 2.45) is 0 Å². The van der Waals surface area contributed by atoms with E-state index in [0.29, 0.717) is 0 Å². The van der Waals surface area contributed by atoms with E-state index in [4.69, 9.17) is 0 Å². The highest BCUT2D eigenvalue weighted by Crippen LogP contribution is 2.54. The second-order valence-corrected chi connectivity index (χ2v) is 18.5. The highest BCUT2D eigenvalue weighted by atomic mass is 15.1. The molecule has 0 unspecified atom stereocenters. The number of para-hydroxylation sites is 2. The maximum atomic E-state index is 2.49. The van der Waals surface area contributed by atoms with Crippen molar-refractivity contribution in [1.29, 1.82) is 0 Å². The Hall–Kier alpha value is -8.46. The van der Waals surface area contributed by atoms with Crippen molar-refractivity contribution in [3.8, 4) is 50.2 Å². The van der Waals surface area contributed by atoms with Crippen LogP contribution in [0, 0.1) is 0 Å². The summed E-state index contributed by atoms with van der Waals surface area (Å²) < 4.78 is 2.49. The first kappa shape index (κ1) is 39.0. The van der Waals surface area contributed by atoms with Crippen LogP contribution in [0.1, 0.15) is 25.0 Å². The average molecular weight is 855 g/mol. The van der Waals surface area contributed by atoms with Crippen LogP contribution in [0.5, 0.6) is 0 Å². The van der Waals surface area contributed by atoms with E-state index in [-0.39, 0.29) is 5.41 Å². The molecule has 0 atom stereocenters. The van der Waals surface area contributed by atoms with Crippen LogP contribution in [0.3, 0.4) is 0 Å². The minimum Gasteiger partial charge on any atom is -0.310 e. The number of hydrogen-bond donors (Lipinski definition) is 0. The Kier molecular flexibility index (Phi) is 8.91. The van der Waals surface area contributed by atoms with Crippen LogP contribution >= 0.6 is 0 Å². The zero-order chi connectivity index (χ0) is 44.6. The van der Waals surface area contributed by atoms with Crippen LogP contribution in [0.4, 0.5) is 17.1 Å². The Bertz CT molecular complexity index is 3860. The predicted molar refractivity (Wildman–Crippen MR) is 284 cm³/mol. The van der Waals surface area contributed by atoms with Gasteiger partial charge in [0.2, 0.25) is 0 Å². The molecule has 0 fully saturated rings. The van der Waals surface area contributed by atoms with Crippen molar-refractivity contribution in [1.82, 2.24) is 4.57 Å². The van der Waals surface area contributed by atoms with Gasteiger partial charge in [-0.05, 0) is 139 Å². The van der Waals surface area contributed by atoms with Crippen LogP contribution in [0.25, 0.3) is 93.5 Å². The van der Waals surface area contributed by atoms with E-state index in [1.807, 2.05) is 0 Å². The van der Waals surface area contributed by atoms with Crippen LogP contribution in [-0.2, 0) is 5.41 Å². The standard InChI is InChI=1S/C65H46N2/c1-65(2)60-39-31-51(42-59(60)57-37-29-47-30-38-58-56-22-11-12-23-61(56)67(52-20-7-4-8-21-52)64(58)62(47)63(57)65)49-19-13-18-48(40-49)46-26-34-54(35-27-46)66(55-36-28-44-16-9-10-17-50(44)41-55)53-32-24-45(25-33-53)43-14-5-3-6-15-43/h3-42H,1-2H3. The zero-order valence-corrected chi connectivity index (χ0v) is 37.5. The maximum Gasteiger partial charge on any atom is 0.0622 e. The summed E-state index contributed by atoms with van der Waals surface area (Å²) in [7, 11) is 0. The highest BCUT2D eigenvalue weighted by molar-refractivity contribution is 6.21. The minimum absolute atomic E-state index is 0.205. The number of rotatable bonds is 7. The molecule has 0 saturated carbocycles. The second-order valence-electron chi connectivity index (χ2n) is 18.5. The van der Waals surface area contributed by atoms with Gasteiger partial charge in [0.1, 0.15) is 0 Å². The van der Waals surface area contributed by atoms with Crippen molar-refractivity contribution in [3.63, 3.8) is 0 Å². The quantitative estimate of drug-likeness (QED) is 0.155. The van der Waals surface area contributed by atoms with Crippen LogP contribution in [-0.4, -0.2) is 4.57 Å². The molecule has 0 saturated heterocycles. The SMILES string of the molecule is CC1(C)c2ccc(-c3cccc(-c4ccc(N(c5ccc(-c6ccccc6)cc5)c5ccc6ccccc6c5)cc4)c3)cc2-c2ccc3ccc4c5ccccc5n(-c5ccccc5)c4c3c21.